The highest BCUT2D eigenvalue weighted by molar-refractivity contribution is 6.42. The topological polar surface area (TPSA) is 41.5 Å². The number of aliphatic hydroxyl groups excluding tert-OH is 1. The molecule has 1 aromatic rings. The van der Waals surface area contributed by atoms with E-state index < -0.39 is 0 Å². The third kappa shape index (κ3) is 2.52. The molecule has 0 bridgehead atoms. The summed E-state index contributed by atoms with van der Waals surface area (Å²) in [5, 5.41) is 13.5. The van der Waals surface area contributed by atoms with Gasteiger partial charge in [0.2, 0.25) is 0 Å². The van der Waals surface area contributed by atoms with Gasteiger partial charge in [-0.3, -0.25) is 0 Å². The minimum atomic E-state index is 0.125. The smallest absolute Gasteiger partial charge is 0.123 e. The molecule has 0 radical (unpaired) electrons. The highest BCUT2D eigenvalue weighted by Crippen LogP contribution is 2.41. The first-order valence-electron chi connectivity index (χ1n) is 5.53. The lowest BCUT2D eigenvalue weighted by molar-refractivity contribution is 0.254. The molecule has 5 heteroatoms. The number of rotatable bonds is 3. The van der Waals surface area contributed by atoms with Gasteiger partial charge in [0.15, 0.2) is 0 Å². The van der Waals surface area contributed by atoms with E-state index in [1.807, 2.05) is 6.07 Å². The highest BCUT2D eigenvalue weighted by atomic mass is 35.5. The third-order valence-electron chi connectivity index (χ3n) is 3.16. The largest absolute Gasteiger partial charge is 0.496 e. The molecular weight excluding hydrogens is 261 g/mol. The Hall–Kier alpha value is -0.480. The average molecular weight is 276 g/mol. The summed E-state index contributed by atoms with van der Waals surface area (Å²) in [5.41, 5.74) is 0.935. The van der Waals surface area contributed by atoms with Crippen molar-refractivity contribution in [3.8, 4) is 5.75 Å². The van der Waals surface area contributed by atoms with Crippen LogP contribution in [0, 0.1) is 0 Å². The number of methoxy groups -OCH3 is 1. The average Bonchev–Trinajstić information content (AvgIpc) is 2.80. The summed E-state index contributed by atoms with van der Waals surface area (Å²) < 4.78 is 5.33. The second-order valence-electron chi connectivity index (χ2n) is 4.20. The summed E-state index contributed by atoms with van der Waals surface area (Å²) in [6, 6.07) is 3.69. The molecule has 0 spiro atoms. The molecule has 1 aromatic carbocycles. The summed E-state index contributed by atoms with van der Waals surface area (Å²) in [6.45, 7) is 0.915. The lowest BCUT2D eigenvalue weighted by atomic mass is 9.95. The molecule has 3 nitrogen and oxygen atoms in total. The van der Waals surface area contributed by atoms with Crippen LogP contribution in [0.2, 0.25) is 10.0 Å². The van der Waals surface area contributed by atoms with Crippen LogP contribution in [0.5, 0.6) is 5.75 Å². The maximum Gasteiger partial charge on any atom is 0.123 e. The lowest BCUT2D eigenvalue weighted by Crippen LogP contribution is -2.24. The summed E-state index contributed by atoms with van der Waals surface area (Å²) in [7, 11) is 1.62. The van der Waals surface area contributed by atoms with Crippen LogP contribution in [0.4, 0.5) is 0 Å². The second kappa shape index (κ2) is 5.44. The van der Waals surface area contributed by atoms with Gasteiger partial charge in [-0.05, 0) is 18.6 Å². The van der Waals surface area contributed by atoms with Crippen LogP contribution in [-0.4, -0.2) is 31.4 Å². The van der Waals surface area contributed by atoms with Gasteiger partial charge >= 0.3 is 0 Å². The molecular formula is C12H15Cl2NO2. The van der Waals surface area contributed by atoms with E-state index in [0.717, 1.165) is 24.3 Å². The number of hydrogen-bond acceptors (Lipinski definition) is 3. The van der Waals surface area contributed by atoms with Crippen molar-refractivity contribution in [2.45, 2.75) is 18.4 Å². The number of nitrogens with one attached hydrogen (secondary N) is 1. The molecule has 1 aliphatic rings. The third-order valence-corrected chi connectivity index (χ3v) is 3.98. The van der Waals surface area contributed by atoms with Crippen molar-refractivity contribution < 1.29 is 9.84 Å². The first-order chi connectivity index (χ1) is 8.17. The van der Waals surface area contributed by atoms with Crippen molar-refractivity contribution in [3.05, 3.63) is 27.7 Å². The minimum absolute atomic E-state index is 0.125. The Morgan fingerprint density at radius 1 is 1.47 bits per heavy atom. The van der Waals surface area contributed by atoms with Gasteiger partial charge in [-0.1, -0.05) is 23.2 Å². The molecule has 17 heavy (non-hydrogen) atoms. The van der Waals surface area contributed by atoms with E-state index in [1.165, 1.54) is 0 Å². The van der Waals surface area contributed by atoms with Crippen molar-refractivity contribution in [2.75, 3.05) is 20.3 Å². The van der Waals surface area contributed by atoms with E-state index in [9.17, 15) is 0 Å². The van der Waals surface area contributed by atoms with E-state index in [0.29, 0.717) is 10.0 Å². The molecule has 2 N–H and O–H groups in total. The highest BCUT2D eigenvalue weighted by Gasteiger charge is 2.29. The number of halogens is 2. The first-order valence-corrected chi connectivity index (χ1v) is 6.29. The van der Waals surface area contributed by atoms with E-state index in [1.54, 1.807) is 13.2 Å². The fourth-order valence-corrected chi connectivity index (χ4v) is 2.76. The van der Waals surface area contributed by atoms with Gasteiger partial charge in [-0.25, -0.2) is 0 Å². The van der Waals surface area contributed by atoms with Gasteiger partial charge in [0.05, 0.1) is 23.8 Å². The van der Waals surface area contributed by atoms with Crippen LogP contribution in [0.15, 0.2) is 12.1 Å². The van der Waals surface area contributed by atoms with Crippen LogP contribution < -0.4 is 10.1 Å². The molecule has 94 valence electrons. The zero-order chi connectivity index (χ0) is 12.4. The van der Waals surface area contributed by atoms with Gasteiger partial charge in [-0.15, -0.1) is 0 Å². The molecule has 0 aromatic heterocycles. The molecule has 0 aliphatic carbocycles. The van der Waals surface area contributed by atoms with Crippen molar-refractivity contribution >= 4 is 23.2 Å². The lowest BCUT2D eigenvalue weighted by Gasteiger charge is -2.16. The molecule has 1 aliphatic heterocycles. The molecule has 2 rings (SSSR count). The Morgan fingerprint density at radius 3 is 2.82 bits per heavy atom. The van der Waals surface area contributed by atoms with E-state index >= 15 is 0 Å². The van der Waals surface area contributed by atoms with Gasteiger partial charge in [0.1, 0.15) is 5.75 Å². The second-order valence-corrected chi connectivity index (χ2v) is 4.98. The van der Waals surface area contributed by atoms with Crippen molar-refractivity contribution in [1.82, 2.24) is 5.32 Å². The summed E-state index contributed by atoms with van der Waals surface area (Å²) in [6.07, 6.45) is 0.840. The van der Waals surface area contributed by atoms with Gasteiger partial charge < -0.3 is 15.2 Å². The SMILES string of the molecule is COc1ccc(Cl)c(Cl)c1[C@@H]1CN[C@H](CO)C1. The Bertz CT molecular complexity index is 412. The molecule has 1 fully saturated rings. The number of ether oxygens (including phenoxy) is 1. The Morgan fingerprint density at radius 2 is 2.24 bits per heavy atom. The molecule has 0 unspecified atom stereocenters. The Labute approximate surface area is 111 Å². The monoisotopic (exact) mass is 275 g/mol. The molecule has 0 amide bonds. The predicted octanol–water partition coefficient (Wildman–Crippen LogP) is 2.44. The minimum Gasteiger partial charge on any atom is -0.496 e. The van der Waals surface area contributed by atoms with Gasteiger partial charge in [0, 0.05) is 24.1 Å². The molecule has 0 saturated carbocycles. The van der Waals surface area contributed by atoms with E-state index in [-0.39, 0.29) is 18.6 Å². The maximum absolute atomic E-state index is 9.13. The fourth-order valence-electron chi connectivity index (χ4n) is 2.29. The van der Waals surface area contributed by atoms with Crippen LogP contribution in [-0.2, 0) is 0 Å². The summed E-state index contributed by atoms with van der Waals surface area (Å²) in [4.78, 5) is 0. The van der Waals surface area contributed by atoms with Gasteiger partial charge in [-0.2, -0.15) is 0 Å². The molecule has 1 saturated heterocycles. The van der Waals surface area contributed by atoms with Crippen LogP contribution in [0.3, 0.4) is 0 Å². The Kier molecular flexibility index (Phi) is 4.15. The molecule has 2 atom stereocenters. The fraction of sp³-hybridized carbons (Fsp3) is 0.500. The maximum atomic E-state index is 9.13. The quantitative estimate of drug-likeness (QED) is 0.891. The van der Waals surface area contributed by atoms with Crippen molar-refractivity contribution in [3.63, 3.8) is 0 Å². The number of benzene rings is 1. The standard InChI is InChI=1S/C12H15Cl2NO2/c1-17-10-3-2-9(13)12(14)11(10)7-4-8(6-16)15-5-7/h2-3,7-8,15-16H,4-6H2,1H3/t7-,8-/m0/s1. The van der Waals surface area contributed by atoms with Gasteiger partial charge in [0.25, 0.3) is 0 Å². The summed E-state index contributed by atoms with van der Waals surface area (Å²) >= 11 is 12.3. The molecule has 1 heterocycles. The first kappa shape index (κ1) is 13.0. The van der Waals surface area contributed by atoms with Crippen LogP contribution in [0.1, 0.15) is 17.9 Å². The predicted molar refractivity (Wildman–Crippen MR) is 69.2 cm³/mol. The normalized spacial score (nSPS) is 24.0. The zero-order valence-electron chi connectivity index (χ0n) is 9.54. The number of hydrogen-bond donors (Lipinski definition) is 2. The van der Waals surface area contributed by atoms with Crippen LogP contribution in [0.25, 0.3) is 0 Å². The van der Waals surface area contributed by atoms with E-state index in [4.69, 9.17) is 33.0 Å². The van der Waals surface area contributed by atoms with Crippen molar-refractivity contribution in [2.24, 2.45) is 0 Å². The van der Waals surface area contributed by atoms with Crippen LogP contribution >= 0.6 is 23.2 Å². The number of aliphatic hydroxyl groups is 1. The summed E-state index contributed by atoms with van der Waals surface area (Å²) in [5.74, 6) is 0.984. The van der Waals surface area contributed by atoms with E-state index in [2.05, 4.69) is 5.32 Å². The van der Waals surface area contributed by atoms with Crippen molar-refractivity contribution in [1.29, 1.82) is 0 Å². The zero-order valence-corrected chi connectivity index (χ0v) is 11.1. The Balaban J connectivity index is 2.34.